The van der Waals surface area contributed by atoms with Gasteiger partial charge in [-0.2, -0.15) is 0 Å². The van der Waals surface area contributed by atoms with Crippen molar-refractivity contribution in [3.63, 3.8) is 0 Å². The highest BCUT2D eigenvalue weighted by atomic mass is 32.2. The van der Waals surface area contributed by atoms with Crippen molar-refractivity contribution in [2.75, 3.05) is 23.8 Å². The number of hydrogen-bond donors (Lipinski definition) is 0. The number of anilines is 1. The third kappa shape index (κ3) is 2.82. The predicted octanol–water partition coefficient (Wildman–Crippen LogP) is 1.93. The third-order valence-electron chi connectivity index (χ3n) is 3.81. The number of ether oxygens (including phenoxy) is 1. The molecular weight excluding hydrogens is 302 g/mol. The molecule has 0 amide bonds. The van der Waals surface area contributed by atoms with E-state index >= 15 is 0 Å². The highest BCUT2D eigenvalue weighted by Gasteiger charge is 2.43. The number of carbonyl (C=O) groups is 2. The minimum atomic E-state index is -0.763. The zero-order chi connectivity index (χ0) is 15.7. The lowest BCUT2D eigenvalue weighted by Crippen LogP contribution is -2.45. The summed E-state index contributed by atoms with van der Waals surface area (Å²) in [6, 6.07) is 0.373. The van der Waals surface area contributed by atoms with E-state index < -0.39 is 11.9 Å². The Morgan fingerprint density at radius 3 is 2.86 bits per heavy atom. The van der Waals surface area contributed by atoms with Gasteiger partial charge in [0.25, 0.3) is 0 Å². The van der Waals surface area contributed by atoms with Gasteiger partial charge in [-0.1, -0.05) is 18.7 Å². The van der Waals surface area contributed by atoms with Crippen LogP contribution in [-0.4, -0.2) is 46.7 Å². The zero-order valence-electron chi connectivity index (χ0n) is 12.7. The molecule has 2 aliphatic rings. The molecule has 7 heteroatoms. The highest BCUT2D eigenvalue weighted by molar-refractivity contribution is 7.99. The third-order valence-corrected chi connectivity index (χ3v) is 4.56. The molecule has 1 atom stereocenters. The predicted molar refractivity (Wildman–Crippen MR) is 83.3 cm³/mol. The summed E-state index contributed by atoms with van der Waals surface area (Å²) in [6.45, 7) is 4.42. The molecule has 0 spiro atoms. The van der Waals surface area contributed by atoms with Crippen LogP contribution in [0, 0.1) is 5.92 Å². The Labute approximate surface area is 133 Å². The number of hydrogen-bond acceptors (Lipinski definition) is 7. The van der Waals surface area contributed by atoms with Crippen LogP contribution in [0.2, 0.25) is 0 Å². The summed E-state index contributed by atoms with van der Waals surface area (Å²) in [4.78, 5) is 35.5. The average molecular weight is 321 g/mol. The number of fused-ring (bicyclic) bond motifs is 1. The zero-order valence-corrected chi connectivity index (χ0v) is 13.6. The number of Topliss-reactive ketones (excluding diaryl/α,β-unsaturated/α-hetero) is 1. The number of nitrogens with zero attached hydrogens (tertiary/aromatic N) is 3. The van der Waals surface area contributed by atoms with Gasteiger partial charge in [-0.3, -0.25) is 9.59 Å². The molecule has 1 fully saturated rings. The highest BCUT2D eigenvalue weighted by Crippen LogP contribution is 2.38. The van der Waals surface area contributed by atoms with Crippen LogP contribution >= 0.6 is 11.8 Å². The van der Waals surface area contributed by atoms with Crippen molar-refractivity contribution in [3.8, 4) is 0 Å². The van der Waals surface area contributed by atoms with Gasteiger partial charge in [-0.15, -0.1) is 0 Å². The molecule has 0 bridgehead atoms. The monoisotopic (exact) mass is 321 g/mol. The Balaban J connectivity index is 1.95. The fourth-order valence-corrected chi connectivity index (χ4v) is 3.17. The van der Waals surface area contributed by atoms with Gasteiger partial charge in [-0.25, -0.2) is 9.97 Å². The van der Waals surface area contributed by atoms with E-state index in [0.717, 1.165) is 18.6 Å². The van der Waals surface area contributed by atoms with E-state index in [1.165, 1.54) is 0 Å². The quantitative estimate of drug-likeness (QED) is 0.355. The lowest BCUT2D eigenvalue weighted by Gasteiger charge is -2.33. The second-order valence-corrected chi connectivity index (χ2v) is 6.61. The largest absolute Gasteiger partial charge is 0.465 e. The van der Waals surface area contributed by atoms with Crippen LogP contribution in [0.3, 0.4) is 0 Å². The minimum absolute atomic E-state index is 0.224. The van der Waals surface area contributed by atoms with Crippen molar-refractivity contribution in [2.45, 2.75) is 37.9 Å². The summed E-state index contributed by atoms with van der Waals surface area (Å²) >= 11 is 1.55. The van der Waals surface area contributed by atoms with Crippen LogP contribution in [0.5, 0.6) is 0 Å². The second-order valence-electron chi connectivity index (χ2n) is 5.38. The molecule has 1 aliphatic carbocycles. The number of aromatic nitrogens is 2. The lowest BCUT2D eigenvalue weighted by atomic mass is 9.94. The first-order chi connectivity index (χ1) is 10.7. The van der Waals surface area contributed by atoms with E-state index in [2.05, 4.69) is 14.9 Å². The first kappa shape index (κ1) is 15.3. The molecule has 0 N–H and O–H groups in total. The molecule has 6 nitrogen and oxygen atoms in total. The van der Waals surface area contributed by atoms with E-state index in [-0.39, 0.29) is 12.4 Å². The van der Waals surface area contributed by atoms with Gasteiger partial charge in [0.1, 0.15) is 11.7 Å². The first-order valence-corrected chi connectivity index (χ1v) is 8.61. The standard InChI is InChI=1S/C15H19N3O3S/c1-3-21-14(20)11-8-18(9-5-6-9)13-10(12(11)19)7-16-15(17-13)22-4-2/h7,9,11H,3-6,8H2,1-2H3. The summed E-state index contributed by atoms with van der Waals surface area (Å²) < 4.78 is 5.05. The summed E-state index contributed by atoms with van der Waals surface area (Å²) in [7, 11) is 0. The summed E-state index contributed by atoms with van der Waals surface area (Å²) in [6.07, 6.45) is 3.70. The fraction of sp³-hybridized carbons (Fsp3) is 0.600. The van der Waals surface area contributed by atoms with Gasteiger partial charge in [0, 0.05) is 18.8 Å². The first-order valence-electron chi connectivity index (χ1n) is 7.63. The molecule has 0 aromatic carbocycles. The molecule has 1 saturated carbocycles. The molecule has 118 valence electrons. The van der Waals surface area contributed by atoms with Crippen LogP contribution in [-0.2, 0) is 9.53 Å². The van der Waals surface area contributed by atoms with Crippen molar-refractivity contribution in [1.29, 1.82) is 0 Å². The maximum absolute atomic E-state index is 12.6. The Bertz CT molecular complexity index is 604. The van der Waals surface area contributed by atoms with Crippen LogP contribution < -0.4 is 4.90 Å². The maximum Gasteiger partial charge on any atom is 0.318 e. The van der Waals surface area contributed by atoms with Crippen LogP contribution in [0.4, 0.5) is 5.82 Å². The maximum atomic E-state index is 12.6. The summed E-state index contributed by atoms with van der Waals surface area (Å²) in [5.41, 5.74) is 0.441. The Morgan fingerprint density at radius 1 is 1.45 bits per heavy atom. The minimum Gasteiger partial charge on any atom is -0.465 e. The van der Waals surface area contributed by atoms with E-state index in [4.69, 9.17) is 4.74 Å². The molecule has 1 unspecified atom stereocenters. The van der Waals surface area contributed by atoms with Gasteiger partial charge in [-0.05, 0) is 25.5 Å². The molecule has 1 aromatic rings. The molecular formula is C15H19N3O3S. The van der Waals surface area contributed by atoms with Gasteiger partial charge in [0.05, 0.1) is 12.2 Å². The topological polar surface area (TPSA) is 72.4 Å². The second kappa shape index (κ2) is 6.24. The van der Waals surface area contributed by atoms with Gasteiger partial charge < -0.3 is 9.64 Å². The van der Waals surface area contributed by atoms with Gasteiger partial charge >= 0.3 is 5.97 Å². The van der Waals surface area contributed by atoms with Gasteiger partial charge in [0.2, 0.25) is 0 Å². The van der Waals surface area contributed by atoms with E-state index in [9.17, 15) is 9.59 Å². The molecule has 0 radical (unpaired) electrons. The number of esters is 1. The molecule has 3 rings (SSSR count). The van der Waals surface area contributed by atoms with E-state index in [1.807, 2.05) is 6.92 Å². The average Bonchev–Trinajstić information content (AvgIpc) is 3.33. The van der Waals surface area contributed by atoms with E-state index in [1.54, 1.807) is 24.9 Å². The smallest absolute Gasteiger partial charge is 0.318 e. The van der Waals surface area contributed by atoms with E-state index in [0.29, 0.717) is 29.1 Å². The summed E-state index contributed by atoms with van der Waals surface area (Å²) in [5, 5.41) is 0.675. The van der Waals surface area contributed by atoms with Crippen molar-refractivity contribution >= 4 is 29.3 Å². The molecule has 0 saturated heterocycles. The SMILES string of the molecule is CCOC(=O)C1CN(C2CC2)c2nc(SCC)ncc2C1=O. The van der Waals surface area contributed by atoms with Crippen molar-refractivity contribution in [2.24, 2.45) is 5.92 Å². The Kier molecular flexibility index (Phi) is 4.33. The molecule has 1 aliphatic heterocycles. The van der Waals surface area contributed by atoms with Crippen molar-refractivity contribution < 1.29 is 14.3 Å². The van der Waals surface area contributed by atoms with Crippen molar-refractivity contribution in [1.82, 2.24) is 9.97 Å². The number of carbonyl (C=O) groups excluding carboxylic acids is 2. The molecule has 22 heavy (non-hydrogen) atoms. The number of thioether (sulfide) groups is 1. The number of ketones is 1. The molecule has 1 aromatic heterocycles. The normalized spacial score (nSPS) is 20.7. The van der Waals surface area contributed by atoms with Gasteiger partial charge in [0.15, 0.2) is 10.9 Å². The lowest BCUT2D eigenvalue weighted by molar-refractivity contribution is -0.145. The van der Waals surface area contributed by atoms with Crippen LogP contribution in [0.1, 0.15) is 37.0 Å². The van der Waals surface area contributed by atoms with Crippen LogP contribution in [0.25, 0.3) is 0 Å². The molecule has 2 heterocycles. The van der Waals surface area contributed by atoms with Crippen molar-refractivity contribution in [3.05, 3.63) is 11.8 Å². The Morgan fingerprint density at radius 2 is 2.23 bits per heavy atom. The Hall–Kier alpha value is -1.63. The fourth-order valence-electron chi connectivity index (χ4n) is 2.64. The summed E-state index contributed by atoms with van der Waals surface area (Å²) in [5.74, 6) is 0.122. The van der Waals surface area contributed by atoms with Crippen LogP contribution in [0.15, 0.2) is 11.4 Å². The number of rotatable bonds is 5.